The molecule has 1 atom stereocenters. The topological polar surface area (TPSA) is 12.5 Å². The van der Waals surface area contributed by atoms with Gasteiger partial charge in [-0.2, -0.15) is 0 Å². The van der Waals surface area contributed by atoms with E-state index in [4.69, 9.17) is 4.74 Å². The van der Waals surface area contributed by atoms with Crippen molar-refractivity contribution >= 4 is 11.8 Å². The van der Waals surface area contributed by atoms with Gasteiger partial charge >= 0.3 is 0 Å². The second-order valence-corrected chi connectivity index (χ2v) is 3.67. The van der Waals surface area contributed by atoms with Crippen molar-refractivity contribution in [3.63, 3.8) is 0 Å². The third-order valence-electron chi connectivity index (χ3n) is 1.58. The van der Waals surface area contributed by atoms with Gasteiger partial charge < -0.3 is 4.74 Å². The highest BCUT2D eigenvalue weighted by molar-refractivity contribution is 7.99. The molecule has 1 aliphatic heterocycles. The molecule has 1 heterocycles. The summed E-state index contributed by atoms with van der Waals surface area (Å²) in [5, 5.41) is 0. The first-order valence-corrected chi connectivity index (χ1v) is 4.73. The van der Waals surface area contributed by atoms with Crippen LogP contribution < -0.4 is 0 Å². The summed E-state index contributed by atoms with van der Waals surface area (Å²) < 4.78 is 5.11. The Morgan fingerprint density at radius 1 is 1.36 bits per heavy atom. The molecule has 0 N–H and O–H groups in total. The van der Waals surface area contributed by atoms with E-state index in [1.54, 1.807) is 0 Å². The Morgan fingerprint density at radius 2 is 2.09 bits per heavy atom. The third kappa shape index (κ3) is 2.24. The van der Waals surface area contributed by atoms with Crippen molar-refractivity contribution in [3.05, 3.63) is 30.3 Å². The highest BCUT2D eigenvalue weighted by Gasteiger charge is 2.21. The van der Waals surface area contributed by atoms with Crippen LogP contribution in [0.4, 0.5) is 0 Å². The molecule has 0 aromatic heterocycles. The molecule has 0 radical (unpaired) electrons. The maximum Gasteiger partial charge on any atom is 0.0903 e. The largest absolute Gasteiger partial charge is 0.372 e. The number of benzene rings is 1. The molecular weight excluding hydrogens is 156 g/mol. The van der Waals surface area contributed by atoms with Gasteiger partial charge in [0.25, 0.3) is 0 Å². The molecular formula is C9H10OS. The lowest BCUT2D eigenvalue weighted by Gasteiger charge is -1.96. The molecule has 0 bridgehead atoms. The Labute approximate surface area is 70.8 Å². The number of rotatable bonds is 3. The van der Waals surface area contributed by atoms with Gasteiger partial charge in [-0.1, -0.05) is 18.2 Å². The summed E-state index contributed by atoms with van der Waals surface area (Å²) in [5.41, 5.74) is 0. The highest BCUT2D eigenvalue weighted by Crippen LogP contribution is 2.23. The fourth-order valence-corrected chi connectivity index (χ4v) is 1.79. The fourth-order valence-electron chi connectivity index (χ4n) is 0.870. The van der Waals surface area contributed by atoms with Gasteiger partial charge in [-0.3, -0.25) is 0 Å². The Kier molecular flexibility index (Phi) is 2.15. The molecule has 1 saturated heterocycles. The van der Waals surface area contributed by atoms with Crippen molar-refractivity contribution in [1.82, 2.24) is 0 Å². The van der Waals surface area contributed by atoms with Crippen molar-refractivity contribution < 1.29 is 4.74 Å². The van der Waals surface area contributed by atoms with Crippen LogP contribution in [0.5, 0.6) is 0 Å². The average molecular weight is 166 g/mol. The van der Waals surface area contributed by atoms with Crippen LogP contribution in [0, 0.1) is 0 Å². The van der Waals surface area contributed by atoms with Gasteiger partial charge in [-0.15, -0.1) is 11.8 Å². The van der Waals surface area contributed by atoms with Gasteiger partial charge in [0, 0.05) is 10.6 Å². The van der Waals surface area contributed by atoms with Crippen LogP contribution in [-0.2, 0) is 4.74 Å². The zero-order valence-corrected chi connectivity index (χ0v) is 7.01. The van der Waals surface area contributed by atoms with Crippen LogP contribution in [0.15, 0.2) is 35.2 Å². The number of hydrogen-bond donors (Lipinski definition) is 0. The summed E-state index contributed by atoms with van der Waals surface area (Å²) in [6, 6.07) is 10.4. The van der Waals surface area contributed by atoms with E-state index in [2.05, 4.69) is 24.3 Å². The van der Waals surface area contributed by atoms with Gasteiger partial charge in [0.05, 0.1) is 12.7 Å². The van der Waals surface area contributed by atoms with E-state index in [1.807, 2.05) is 17.8 Å². The molecule has 0 spiro atoms. The van der Waals surface area contributed by atoms with Crippen LogP contribution in [0.2, 0.25) is 0 Å². The summed E-state index contributed by atoms with van der Waals surface area (Å²) in [7, 11) is 0. The molecule has 0 unspecified atom stereocenters. The molecule has 11 heavy (non-hydrogen) atoms. The van der Waals surface area contributed by atoms with Crippen LogP contribution in [-0.4, -0.2) is 18.5 Å². The summed E-state index contributed by atoms with van der Waals surface area (Å²) >= 11 is 1.87. The van der Waals surface area contributed by atoms with Gasteiger partial charge in [-0.05, 0) is 12.1 Å². The van der Waals surface area contributed by atoms with Gasteiger partial charge in [-0.25, -0.2) is 0 Å². The summed E-state index contributed by atoms with van der Waals surface area (Å²) in [6.07, 6.45) is 0.528. The smallest absolute Gasteiger partial charge is 0.0903 e. The maximum absolute atomic E-state index is 5.11. The van der Waals surface area contributed by atoms with Crippen molar-refractivity contribution in [2.24, 2.45) is 0 Å². The minimum Gasteiger partial charge on any atom is -0.372 e. The molecule has 1 fully saturated rings. The second-order valence-electron chi connectivity index (χ2n) is 2.58. The Hall–Kier alpha value is -0.470. The minimum atomic E-state index is 0.528. The van der Waals surface area contributed by atoms with E-state index in [-0.39, 0.29) is 0 Å². The van der Waals surface area contributed by atoms with Crippen LogP contribution in [0.1, 0.15) is 0 Å². The maximum atomic E-state index is 5.11. The van der Waals surface area contributed by atoms with Crippen LogP contribution in [0.25, 0.3) is 0 Å². The third-order valence-corrected chi connectivity index (χ3v) is 2.73. The number of ether oxygens (including phenoxy) is 1. The molecule has 1 aliphatic rings. The lowest BCUT2D eigenvalue weighted by atomic mass is 10.4. The Bertz CT molecular complexity index is 218. The predicted octanol–water partition coefficient (Wildman–Crippen LogP) is 2.18. The molecule has 1 aromatic rings. The van der Waals surface area contributed by atoms with Crippen molar-refractivity contribution in [3.8, 4) is 0 Å². The molecule has 1 nitrogen and oxygen atoms in total. The van der Waals surface area contributed by atoms with Gasteiger partial charge in [0.1, 0.15) is 0 Å². The van der Waals surface area contributed by atoms with Gasteiger partial charge in [0.2, 0.25) is 0 Å². The van der Waals surface area contributed by atoms with Gasteiger partial charge in [0.15, 0.2) is 0 Å². The second kappa shape index (κ2) is 3.28. The van der Waals surface area contributed by atoms with Crippen molar-refractivity contribution in [2.75, 3.05) is 12.4 Å². The van der Waals surface area contributed by atoms with Crippen molar-refractivity contribution in [2.45, 2.75) is 11.0 Å². The summed E-state index contributed by atoms with van der Waals surface area (Å²) in [5.74, 6) is 1.10. The van der Waals surface area contributed by atoms with Crippen LogP contribution in [0.3, 0.4) is 0 Å². The van der Waals surface area contributed by atoms with E-state index in [9.17, 15) is 0 Å². The summed E-state index contributed by atoms with van der Waals surface area (Å²) in [6.45, 7) is 0.958. The van der Waals surface area contributed by atoms with E-state index in [0.29, 0.717) is 6.10 Å². The van der Waals surface area contributed by atoms with E-state index in [0.717, 1.165) is 12.4 Å². The van der Waals surface area contributed by atoms with E-state index < -0.39 is 0 Å². The molecule has 58 valence electrons. The number of epoxide rings is 1. The monoisotopic (exact) mass is 166 g/mol. The molecule has 0 saturated carbocycles. The number of thioether (sulfide) groups is 1. The lowest BCUT2D eigenvalue weighted by molar-refractivity contribution is 0.426. The predicted molar refractivity (Wildman–Crippen MR) is 46.9 cm³/mol. The number of hydrogen-bond acceptors (Lipinski definition) is 2. The van der Waals surface area contributed by atoms with E-state index >= 15 is 0 Å². The fraction of sp³-hybridized carbons (Fsp3) is 0.333. The highest BCUT2D eigenvalue weighted by atomic mass is 32.2. The minimum absolute atomic E-state index is 0.528. The van der Waals surface area contributed by atoms with E-state index in [1.165, 1.54) is 4.90 Å². The lowest BCUT2D eigenvalue weighted by Crippen LogP contribution is -1.87. The SMILES string of the molecule is c1ccc(SC[C@H]2CO2)cc1. The van der Waals surface area contributed by atoms with Crippen molar-refractivity contribution in [1.29, 1.82) is 0 Å². The zero-order valence-electron chi connectivity index (χ0n) is 6.19. The quantitative estimate of drug-likeness (QED) is 0.504. The Morgan fingerprint density at radius 3 is 2.73 bits per heavy atom. The molecule has 0 aliphatic carbocycles. The molecule has 1 aromatic carbocycles. The standard InChI is InChI=1S/C9H10OS/c1-2-4-9(5-3-1)11-7-8-6-10-8/h1-5,8H,6-7H2/t8-/m1/s1. The Balaban J connectivity index is 1.85. The molecule has 2 rings (SSSR count). The zero-order chi connectivity index (χ0) is 7.52. The first kappa shape index (κ1) is 7.19. The molecule has 2 heteroatoms. The molecule has 0 amide bonds. The first-order valence-electron chi connectivity index (χ1n) is 3.74. The first-order chi connectivity index (χ1) is 5.45. The average Bonchev–Trinajstić information content (AvgIpc) is 2.86. The summed E-state index contributed by atoms with van der Waals surface area (Å²) in [4.78, 5) is 1.34. The normalized spacial score (nSPS) is 21.6. The van der Waals surface area contributed by atoms with Crippen LogP contribution >= 0.6 is 11.8 Å².